The summed E-state index contributed by atoms with van der Waals surface area (Å²) in [5, 5.41) is 0. The van der Waals surface area contributed by atoms with Crippen molar-refractivity contribution in [3.8, 4) is 0 Å². The zero-order valence-electron chi connectivity index (χ0n) is 6.75. The molecule has 1 saturated heterocycles. The minimum Gasteiger partial charge on any atom is -0.235 e. The molecule has 1 rings (SSSR count). The second-order valence-corrected chi connectivity index (χ2v) is 3.47. The van der Waals surface area contributed by atoms with Gasteiger partial charge < -0.3 is 0 Å². The fraction of sp³-hybridized carbons (Fsp3) is 1.00. The van der Waals surface area contributed by atoms with Crippen LogP contribution in [-0.4, -0.2) is 10.5 Å². The third kappa shape index (κ3) is 3.31. The van der Waals surface area contributed by atoms with Crippen molar-refractivity contribution in [3.05, 3.63) is 0 Å². The second kappa shape index (κ2) is 4.85. The molecule has 1 aliphatic rings. The van der Waals surface area contributed by atoms with Crippen molar-refractivity contribution < 1.29 is 12.6 Å². The lowest BCUT2D eigenvalue weighted by molar-refractivity contribution is -0.0672. The Morgan fingerprint density at radius 3 is 2.55 bits per heavy atom. The molecule has 1 aliphatic heterocycles. The maximum atomic E-state index is 10.3. The molecule has 11 heavy (non-hydrogen) atoms. The van der Waals surface area contributed by atoms with Gasteiger partial charge in [0, 0.05) is 6.42 Å². The standard InChI is InChI=1S/C7H14O3S/c1-2-3-4-5-6-7-9-11(8)10-7/h7H,2-6H2,1H3. The van der Waals surface area contributed by atoms with Gasteiger partial charge in [-0.25, -0.2) is 8.37 Å². The van der Waals surface area contributed by atoms with E-state index in [-0.39, 0.29) is 6.29 Å². The summed E-state index contributed by atoms with van der Waals surface area (Å²) >= 11 is -1.43. The molecule has 0 aromatic heterocycles. The third-order valence-corrected chi connectivity index (χ3v) is 2.41. The van der Waals surface area contributed by atoms with Crippen LogP contribution >= 0.6 is 0 Å². The summed E-state index contributed by atoms with van der Waals surface area (Å²) in [5.41, 5.74) is 0. The molecule has 3 nitrogen and oxygen atoms in total. The zero-order chi connectivity index (χ0) is 8.10. The first-order chi connectivity index (χ1) is 5.33. The molecule has 0 unspecified atom stereocenters. The lowest BCUT2D eigenvalue weighted by atomic mass is 10.1. The zero-order valence-corrected chi connectivity index (χ0v) is 7.56. The minimum absolute atomic E-state index is 0.187. The second-order valence-electron chi connectivity index (χ2n) is 2.68. The highest BCUT2D eigenvalue weighted by atomic mass is 32.2. The first-order valence-corrected chi connectivity index (χ1v) is 5.09. The summed E-state index contributed by atoms with van der Waals surface area (Å²) in [7, 11) is 0. The van der Waals surface area contributed by atoms with E-state index in [1.807, 2.05) is 0 Å². The van der Waals surface area contributed by atoms with E-state index in [2.05, 4.69) is 6.92 Å². The van der Waals surface area contributed by atoms with Gasteiger partial charge in [0.1, 0.15) is 0 Å². The highest BCUT2D eigenvalue weighted by molar-refractivity contribution is 7.76. The molecule has 0 aromatic carbocycles. The molecule has 0 bridgehead atoms. The van der Waals surface area contributed by atoms with Crippen LogP contribution in [0.4, 0.5) is 0 Å². The number of hydrogen-bond acceptors (Lipinski definition) is 3. The van der Waals surface area contributed by atoms with Gasteiger partial charge in [0.25, 0.3) is 0 Å². The van der Waals surface area contributed by atoms with Crippen molar-refractivity contribution in [1.29, 1.82) is 0 Å². The number of hydrogen-bond donors (Lipinski definition) is 0. The van der Waals surface area contributed by atoms with Gasteiger partial charge >= 0.3 is 11.4 Å². The molecule has 0 atom stereocenters. The smallest absolute Gasteiger partial charge is 0.235 e. The van der Waals surface area contributed by atoms with Crippen LogP contribution in [0.3, 0.4) is 0 Å². The first kappa shape index (κ1) is 9.16. The lowest BCUT2D eigenvalue weighted by Crippen LogP contribution is -2.31. The average molecular weight is 178 g/mol. The Kier molecular flexibility index (Phi) is 4.04. The molecule has 0 saturated carbocycles. The van der Waals surface area contributed by atoms with E-state index in [4.69, 9.17) is 8.37 Å². The van der Waals surface area contributed by atoms with Crippen molar-refractivity contribution in [2.75, 3.05) is 0 Å². The third-order valence-electron chi connectivity index (χ3n) is 1.67. The summed E-state index contributed by atoms with van der Waals surface area (Å²) in [6.45, 7) is 2.17. The molecule has 0 spiro atoms. The molecule has 4 heteroatoms. The Morgan fingerprint density at radius 1 is 1.27 bits per heavy atom. The minimum atomic E-state index is -1.43. The predicted octanol–water partition coefficient (Wildman–Crippen LogP) is 1.91. The van der Waals surface area contributed by atoms with Gasteiger partial charge in [0.05, 0.1) is 0 Å². The van der Waals surface area contributed by atoms with E-state index in [1.54, 1.807) is 0 Å². The van der Waals surface area contributed by atoms with E-state index in [0.29, 0.717) is 0 Å². The molecule has 66 valence electrons. The summed E-state index contributed by atoms with van der Waals surface area (Å²) in [6, 6.07) is 0. The topological polar surface area (TPSA) is 35.5 Å². The van der Waals surface area contributed by atoms with Crippen LogP contribution in [0.25, 0.3) is 0 Å². The van der Waals surface area contributed by atoms with Gasteiger partial charge in [-0.3, -0.25) is 0 Å². The summed E-state index contributed by atoms with van der Waals surface area (Å²) < 4.78 is 19.8. The molecule has 0 aliphatic carbocycles. The molecule has 0 amide bonds. The number of unbranched alkanes of at least 4 members (excludes halogenated alkanes) is 3. The quantitative estimate of drug-likeness (QED) is 0.603. The van der Waals surface area contributed by atoms with Crippen molar-refractivity contribution in [1.82, 2.24) is 0 Å². The maximum Gasteiger partial charge on any atom is 0.309 e. The van der Waals surface area contributed by atoms with E-state index in [0.717, 1.165) is 12.8 Å². The van der Waals surface area contributed by atoms with E-state index >= 15 is 0 Å². The molecule has 0 aromatic rings. The predicted molar refractivity (Wildman–Crippen MR) is 42.9 cm³/mol. The van der Waals surface area contributed by atoms with Crippen LogP contribution < -0.4 is 0 Å². The molecule has 0 radical (unpaired) electrons. The van der Waals surface area contributed by atoms with Crippen LogP contribution in [0.15, 0.2) is 0 Å². The molecular formula is C7H14O3S. The van der Waals surface area contributed by atoms with Gasteiger partial charge in [-0.1, -0.05) is 26.2 Å². The average Bonchev–Trinajstić information content (AvgIpc) is 1.94. The Balaban J connectivity index is 1.85. The van der Waals surface area contributed by atoms with Gasteiger partial charge in [-0.2, -0.15) is 4.21 Å². The SMILES string of the molecule is CCCCCCC1OS(=O)O1. The van der Waals surface area contributed by atoms with Crippen LogP contribution in [0, 0.1) is 0 Å². The number of rotatable bonds is 5. The Morgan fingerprint density at radius 2 is 2.00 bits per heavy atom. The van der Waals surface area contributed by atoms with Crippen LogP contribution in [0.2, 0.25) is 0 Å². The normalized spacial score (nSPS) is 29.9. The van der Waals surface area contributed by atoms with Crippen molar-refractivity contribution in [2.24, 2.45) is 0 Å². The monoisotopic (exact) mass is 178 g/mol. The van der Waals surface area contributed by atoms with Crippen molar-refractivity contribution >= 4 is 11.4 Å². The highest BCUT2D eigenvalue weighted by Gasteiger charge is 2.27. The molecule has 1 heterocycles. The summed E-state index contributed by atoms with van der Waals surface area (Å²) in [5.74, 6) is 0. The summed E-state index contributed by atoms with van der Waals surface area (Å²) in [6.07, 6.45) is 5.51. The lowest BCUT2D eigenvalue weighted by Gasteiger charge is -2.23. The highest BCUT2D eigenvalue weighted by Crippen LogP contribution is 2.19. The molecule has 0 N–H and O–H groups in total. The Hall–Kier alpha value is 0.0700. The van der Waals surface area contributed by atoms with Crippen LogP contribution in [0.5, 0.6) is 0 Å². The van der Waals surface area contributed by atoms with Crippen LogP contribution in [-0.2, 0) is 19.7 Å². The largest absolute Gasteiger partial charge is 0.309 e. The first-order valence-electron chi connectivity index (χ1n) is 4.09. The van der Waals surface area contributed by atoms with E-state index in [9.17, 15) is 4.21 Å². The van der Waals surface area contributed by atoms with E-state index < -0.39 is 11.4 Å². The van der Waals surface area contributed by atoms with Crippen molar-refractivity contribution in [3.63, 3.8) is 0 Å². The molecule has 1 fully saturated rings. The maximum absolute atomic E-state index is 10.3. The molecular weight excluding hydrogens is 164 g/mol. The van der Waals surface area contributed by atoms with Gasteiger partial charge in [-0.15, -0.1) is 0 Å². The Labute approximate surface area is 69.9 Å². The Bertz CT molecular complexity index is 130. The fourth-order valence-corrected chi connectivity index (χ4v) is 1.57. The van der Waals surface area contributed by atoms with Crippen molar-refractivity contribution in [2.45, 2.75) is 45.3 Å². The van der Waals surface area contributed by atoms with Gasteiger partial charge in [0.15, 0.2) is 6.29 Å². The van der Waals surface area contributed by atoms with Gasteiger partial charge in [-0.05, 0) is 6.42 Å². The van der Waals surface area contributed by atoms with E-state index in [1.165, 1.54) is 19.3 Å². The van der Waals surface area contributed by atoms with Gasteiger partial charge in [0.2, 0.25) is 0 Å². The fourth-order valence-electron chi connectivity index (χ4n) is 1.02. The van der Waals surface area contributed by atoms with Crippen LogP contribution in [0.1, 0.15) is 39.0 Å². The summed E-state index contributed by atoms with van der Waals surface area (Å²) in [4.78, 5) is 0.